The van der Waals surface area contributed by atoms with E-state index in [0.29, 0.717) is 12.5 Å². The Morgan fingerprint density at radius 1 is 1.58 bits per heavy atom. The van der Waals surface area contributed by atoms with Gasteiger partial charge in [-0.15, -0.1) is 0 Å². The molecule has 1 saturated heterocycles. The second-order valence-electron chi connectivity index (χ2n) is 5.30. The summed E-state index contributed by atoms with van der Waals surface area (Å²) >= 11 is 3.35. The van der Waals surface area contributed by atoms with Crippen LogP contribution in [0.1, 0.15) is 25.5 Å². The Balaban J connectivity index is 1.83. The van der Waals surface area contributed by atoms with Crippen LogP contribution < -0.4 is 5.73 Å². The zero-order valence-electron chi connectivity index (χ0n) is 10.9. The van der Waals surface area contributed by atoms with Crippen LogP contribution in [0.25, 0.3) is 0 Å². The van der Waals surface area contributed by atoms with Gasteiger partial charge in [0.15, 0.2) is 10.6 Å². The van der Waals surface area contributed by atoms with Crippen molar-refractivity contribution < 1.29 is 9.15 Å². The lowest BCUT2D eigenvalue weighted by molar-refractivity contribution is 0.0632. The van der Waals surface area contributed by atoms with Gasteiger partial charge in [-0.3, -0.25) is 4.99 Å². The maximum atomic E-state index is 6.04. The molecular weight excluding hydrogens is 310 g/mol. The summed E-state index contributed by atoms with van der Waals surface area (Å²) in [5.74, 6) is 1.45. The van der Waals surface area contributed by atoms with Gasteiger partial charge in [0.25, 0.3) is 0 Å². The molecule has 104 valence electrons. The van der Waals surface area contributed by atoms with Crippen LogP contribution in [0.4, 0.5) is 0 Å². The number of nitrogens with zero attached hydrogens (tertiary/aromatic N) is 2. The number of furan rings is 1. The van der Waals surface area contributed by atoms with Gasteiger partial charge in [0, 0.05) is 13.2 Å². The Hall–Kier alpha value is -1.01. The monoisotopic (exact) mass is 327 g/mol. The Bertz CT molecular complexity index is 496. The second kappa shape index (κ2) is 4.83. The summed E-state index contributed by atoms with van der Waals surface area (Å²) in [6.45, 7) is 4.34. The van der Waals surface area contributed by atoms with Crippen molar-refractivity contribution in [2.45, 2.75) is 31.4 Å². The highest BCUT2D eigenvalue weighted by molar-refractivity contribution is 9.10. The molecule has 0 aliphatic carbocycles. The Morgan fingerprint density at radius 3 is 3.05 bits per heavy atom. The number of halogens is 1. The molecule has 2 atom stereocenters. The smallest absolute Gasteiger partial charge is 0.192 e. The first-order valence-electron chi connectivity index (χ1n) is 6.54. The maximum absolute atomic E-state index is 6.04. The van der Waals surface area contributed by atoms with Gasteiger partial charge in [-0.2, -0.15) is 0 Å². The van der Waals surface area contributed by atoms with Crippen molar-refractivity contribution in [3.63, 3.8) is 0 Å². The van der Waals surface area contributed by atoms with Crippen LogP contribution in [-0.2, 0) is 10.3 Å². The molecule has 2 aliphatic heterocycles. The van der Waals surface area contributed by atoms with Crippen molar-refractivity contribution in [3.05, 3.63) is 22.6 Å². The molecule has 1 aromatic heterocycles. The third-order valence-electron chi connectivity index (χ3n) is 3.94. The van der Waals surface area contributed by atoms with E-state index in [-0.39, 0.29) is 11.6 Å². The number of nitrogens with two attached hydrogens (primary N) is 1. The van der Waals surface area contributed by atoms with Gasteiger partial charge in [-0.1, -0.05) is 0 Å². The summed E-state index contributed by atoms with van der Waals surface area (Å²) in [5.41, 5.74) is 5.73. The number of guanidine groups is 1. The van der Waals surface area contributed by atoms with Gasteiger partial charge in [0.2, 0.25) is 0 Å². The standard InChI is InChI=1S/C13H18BrN3O2/c1-13(10-4-5-11(14)19-10)8-16-12(15)17(13)7-9-3-2-6-18-9/h4-5,9H,2-3,6-8H2,1H3,(H2,15,16). The highest BCUT2D eigenvalue weighted by Crippen LogP contribution is 2.35. The summed E-state index contributed by atoms with van der Waals surface area (Å²) in [6, 6.07) is 3.88. The molecule has 3 heterocycles. The van der Waals surface area contributed by atoms with Crippen molar-refractivity contribution in [3.8, 4) is 0 Å². The molecule has 6 heteroatoms. The van der Waals surface area contributed by atoms with Crippen molar-refractivity contribution >= 4 is 21.9 Å². The third-order valence-corrected chi connectivity index (χ3v) is 4.36. The van der Waals surface area contributed by atoms with E-state index in [0.717, 1.165) is 36.4 Å². The average molecular weight is 328 g/mol. The molecule has 1 fully saturated rings. The Labute approximate surface area is 120 Å². The van der Waals surface area contributed by atoms with E-state index in [1.54, 1.807) is 0 Å². The third kappa shape index (κ3) is 2.27. The molecular formula is C13H18BrN3O2. The summed E-state index contributed by atoms with van der Waals surface area (Å²) in [7, 11) is 0. The van der Waals surface area contributed by atoms with Crippen LogP contribution in [0.3, 0.4) is 0 Å². The minimum Gasteiger partial charge on any atom is -0.452 e. The molecule has 0 saturated carbocycles. The van der Waals surface area contributed by atoms with Gasteiger partial charge in [0.05, 0.1) is 12.6 Å². The zero-order valence-corrected chi connectivity index (χ0v) is 12.5. The maximum Gasteiger partial charge on any atom is 0.192 e. The lowest BCUT2D eigenvalue weighted by Gasteiger charge is -2.35. The van der Waals surface area contributed by atoms with Crippen molar-refractivity contribution in [2.24, 2.45) is 10.7 Å². The Morgan fingerprint density at radius 2 is 2.42 bits per heavy atom. The van der Waals surface area contributed by atoms with Crippen LogP contribution in [0.15, 0.2) is 26.2 Å². The molecule has 0 amide bonds. The van der Waals surface area contributed by atoms with E-state index >= 15 is 0 Å². The first kappa shape index (κ1) is 13.0. The minimum absolute atomic E-state index is 0.240. The molecule has 3 rings (SSSR count). The first-order chi connectivity index (χ1) is 9.09. The predicted molar refractivity (Wildman–Crippen MR) is 75.9 cm³/mol. The molecule has 1 aromatic rings. The van der Waals surface area contributed by atoms with Gasteiger partial charge in [0.1, 0.15) is 11.3 Å². The molecule has 5 nitrogen and oxygen atoms in total. The highest BCUT2D eigenvalue weighted by atomic mass is 79.9. The van der Waals surface area contributed by atoms with Crippen molar-refractivity contribution in [1.29, 1.82) is 0 Å². The summed E-state index contributed by atoms with van der Waals surface area (Å²) in [6.07, 6.45) is 2.45. The molecule has 0 radical (unpaired) electrons. The lowest BCUT2D eigenvalue weighted by Crippen LogP contribution is -2.50. The predicted octanol–water partition coefficient (Wildman–Crippen LogP) is 2.07. The number of hydrogen-bond donors (Lipinski definition) is 1. The van der Waals surface area contributed by atoms with E-state index in [2.05, 4.69) is 32.7 Å². The number of aliphatic imine (C=N–C) groups is 1. The topological polar surface area (TPSA) is 64.0 Å². The summed E-state index contributed by atoms with van der Waals surface area (Å²) < 4.78 is 12.2. The van der Waals surface area contributed by atoms with Gasteiger partial charge in [-0.25, -0.2) is 0 Å². The van der Waals surface area contributed by atoms with E-state index in [1.165, 1.54) is 0 Å². The largest absolute Gasteiger partial charge is 0.452 e. The van der Waals surface area contributed by atoms with Gasteiger partial charge >= 0.3 is 0 Å². The fraction of sp³-hybridized carbons (Fsp3) is 0.615. The number of ether oxygens (including phenoxy) is 1. The fourth-order valence-electron chi connectivity index (χ4n) is 2.76. The number of hydrogen-bond acceptors (Lipinski definition) is 5. The molecule has 19 heavy (non-hydrogen) atoms. The van der Waals surface area contributed by atoms with Crippen LogP contribution in [-0.4, -0.2) is 36.7 Å². The van der Waals surface area contributed by atoms with Gasteiger partial charge < -0.3 is 19.8 Å². The minimum atomic E-state index is -0.317. The normalized spacial score (nSPS) is 30.9. The molecule has 2 N–H and O–H groups in total. The highest BCUT2D eigenvalue weighted by Gasteiger charge is 2.43. The number of rotatable bonds is 3. The molecule has 0 aromatic carbocycles. The lowest BCUT2D eigenvalue weighted by atomic mass is 9.97. The Kier molecular flexibility index (Phi) is 3.30. The van der Waals surface area contributed by atoms with Crippen molar-refractivity contribution in [1.82, 2.24) is 4.90 Å². The quantitative estimate of drug-likeness (QED) is 0.923. The second-order valence-corrected chi connectivity index (χ2v) is 6.08. The van der Waals surface area contributed by atoms with E-state index < -0.39 is 0 Å². The van der Waals surface area contributed by atoms with Crippen LogP contribution in [0.2, 0.25) is 0 Å². The van der Waals surface area contributed by atoms with Gasteiger partial charge in [-0.05, 0) is 47.8 Å². The first-order valence-corrected chi connectivity index (χ1v) is 7.34. The van der Waals surface area contributed by atoms with E-state index in [1.807, 2.05) is 12.1 Å². The zero-order chi connectivity index (χ0) is 13.5. The van der Waals surface area contributed by atoms with E-state index in [9.17, 15) is 0 Å². The van der Waals surface area contributed by atoms with Crippen LogP contribution in [0, 0.1) is 0 Å². The van der Waals surface area contributed by atoms with Crippen LogP contribution in [0.5, 0.6) is 0 Å². The van der Waals surface area contributed by atoms with Crippen LogP contribution >= 0.6 is 15.9 Å². The SMILES string of the molecule is CC1(c2ccc(Br)o2)CN=C(N)N1CC1CCCO1. The average Bonchev–Trinajstić information content (AvgIpc) is 3.08. The van der Waals surface area contributed by atoms with E-state index in [4.69, 9.17) is 14.9 Å². The molecule has 0 bridgehead atoms. The molecule has 2 aliphatic rings. The van der Waals surface area contributed by atoms with Crippen molar-refractivity contribution in [2.75, 3.05) is 19.7 Å². The fourth-order valence-corrected chi connectivity index (χ4v) is 3.07. The summed E-state index contributed by atoms with van der Waals surface area (Å²) in [4.78, 5) is 6.49. The molecule has 0 spiro atoms. The summed E-state index contributed by atoms with van der Waals surface area (Å²) in [5, 5.41) is 0. The molecule has 2 unspecified atom stereocenters.